The zero-order chi connectivity index (χ0) is 23.6. The number of likely N-dealkylation sites (N-methyl/N-ethyl adjacent to an activating group) is 1. The van der Waals surface area contributed by atoms with E-state index in [0.717, 1.165) is 46.3 Å². The van der Waals surface area contributed by atoms with Crippen molar-refractivity contribution in [2.75, 3.05) is 20.6 Å². The van der Waals surface area contributed by atoms with Gasteiger partial charge in [-0.15, -0.1) is 0 Å². The molecule has 0 aliphatic carbocycles. The zero-order valence-corrected chi connectivity index (χ0v) is 17.6. The van der Waals surface area contributed by atoms with Crippen molar-refractivity contribution >= 4 is 28.7 Å². The number of fused-ring (bicyclic) bond motifs is 5. The van der Waals surface area contributed by atoms with E-state index < -0.39 is 24.5 Å². The number of hydrogen-bond acceptors (Lipinski definition) is 5. The molecule has 0 bridgehead atoms. The Morgan fingerprint density at radius 2 is 1.75 bits per heavy atom. The smallest absolute Gasteiger partial charge is 0.333 e. The molecule has 0 amide bonds. The van der Waals surface area contributed by atoms with Gasteiger partial charge in [-0.05, 0) is 50.3 Å². The summed E-state index contributed by atoms with van der Waals surface area (Å²) < 4.78 is 15.5. The molecule has 1 atom stereocenters. The first-order valence-corrected chi connectivity index (χ1v) is 9.86. The van der Waals surface area contributed by atoms with Crippen LogP contribution in [0.2, 0.25) is 0 Å². The van der Waals surface area contributed by atoms with Gasteiger partial charge in [-0.1, -0.05) is 18.2 Å². The Kier molecular flexibility index (Phi) is 6.71. The van der Waals surface area contributed by atoms with Crippen LogP contribution in [0.25, 0.3) is 22.2 Å². The Morgan fingerprint density at radius 3 is 2.31 bits per heavy atom. The summed E-state index contributed by atoms with van der Waals surface area (Å²) in [6, 6.07) is 12.3. The van der Waals surface area contributed by atoms with E-state index in [-0.39, 0.29) is 11.7 Å². The van der Waals surface area contributed by atoms with Gasteiger partial charge in [-0.2, -0.15) is 0 Å². The lowest BCUT2D eigenvalue weighted by atomic mass is 10.00. The molecule has 168 valence electrons. The van der Waals surface area contributed by atoms with Crippen molar-refractivity contribution in [3.63, 3.8) is 0 Å². The minimum absolute atomic E-state index is 0.0247. The number of nitrogens with zero attached hydrogens (tertiary/aromatic N) is 2. The predicted octanol–water partition coefficient (Wildman–Crippen LogP) is 2.46. The fourth-order valence-electron chi connectivity index (χ4n) is 3.66. The molecule has 2 heterocycles. The van der Waals surface area contributed by atoms with E-state index in [1.165, 1.54) is 6.07 Å². The molecule has 32 heavy (non-hydrogen) atoms. The van der Waals surface area contributed by atoms with Gasteiger partial charge < -0.3 is 20.2 Å². The fourth-order valence-corrected chi connectivity index (χ4v) is 3.66. The predicted molar refractivity (Wildman–Crippen MR) is 115 cm³/mol. The maximum Gasteiger partial charge on any atom is 0.333 e. The Bertz CT molecular complexity index is 1200. The van der Waals surface area contributed by atoms with Crippen molar-refractivity contribution < 1.29 is 34.1 Å². The van der Waals surface area contributed by atoms with Gasteiger partial charge in [0.15, 0.2) is 6.10 Å². The van der Waals surface area contributed by atoms with Crippen LogP contribution >= 0.6 is 0 Å². The van der Waals surface area contributed by atoms with Crippen LogP contribution < -0.4 is 0 Å². The minimum Gasteiger partial charge on any atom is -0.481 e. The summed E-state index contributed by atoms with van der Waals surface area (Å²) in [6.45, 7) is 0.846. The van der Waals surface area contributed by atoms with Crippen LogP contribution in [0.5, 0.6) is 0 Å². The Balaban J connectivity index is 0.000000275. The normalized spacial score (nSPS) is 12.8. The molecule has 1 unspecified atom stereocenters. The Morgan fingerprint density at radius 1 is 1.09 bits per heavy atom. The van der Waals surface area contributed by atoms with Gasteiger partial charge in [-0.25, -0.2) is 9.18 Å². The molecular formula is C23H23FN2O6. The minimum atomic E-state index is -1.79. The lowest BCUT2D eigenvalue weighted by Crippen LogP contribution is -2.22. The summed E-state index contributed by atoms with van der Waals surface area (Å²) in [6.07, 6.45) is -1.77. The number of carboxylic acids is 2. The molecule has 1 aromatic heterocycles. The molecule has 0 radical (unpaired) electrons. The number of aliphatic carboxylic acids is 2. The lowest BCUT2D eigenvalue weighted by Gasteiger charge is -2.10. The van der Waals surface area contributed by atoms with Gasteiger partial charge in [0.2, 0.25) is 0 Å². The quantitative estimate of drug-likeness (QED) is 0.420. The molecule has 0 saturated carbocycles. The van der Waals surface area contributed by atoms with Crippen molar-refractivity contribution in [3.05, 3.63) is 59.4 Å². The van der Waals surface area contributed by atoms with E-state index >= 15 is 0 Å². The van der Waals surface area contributed by atoms with Gasteiger partial charge in [0.05, 0.1) is 17.6 Å². The van der Waals surface area contributed by atoms with Crippen LogP contribution in [0.4, 0.5) is 4.39 Å². The van der Waals surface area contributed by atoms with Crippen molar-refractivity contribution in [3.8, 4) is 11.3 Å². The highest BCUT2D eigenvalue weighted by atomic mass is 19.1. The van der Waals surface area contributed by atoms with E-state index in [0.29, 0.717) is 0 Å². The van der Waals surface area contributed by atoms with E-state index in [2.05, 4.69) is 4.90 Å². The second-order valence-corrected chi connectivity index (χ2v) is 7.68. The van der Waals surface area contributed by atoms with Crippen LogP contribution in [-0.4, -0.2) is 69.4 Å². The van der Waals surface area contributed by atoms with Crippen LogP contribution in [0, 0.1) is 5.82 Å². The topological polar surface area (TPSA) is 120 Å². The number of aliphatic hydroxyl groups is 1. The van der Waals surface area contributed by atoms with Crippen LogP contribution in [0.15, 0.2) is 42.5 Å². The molecule has 0 spiro atoms. The highest BCUT2D eigenvalue weighted by Crippen LogP contribution is 2.41. The van der Waals surface area contributed by atoms with Gasteiger partial charge in [0.1, 0.15) is 5.82 Å². The van der Waals surface area contributed by atoms with E-state index in [9.17, 15) is 18.8 Å². The molecule has 0 saturated heterocycles. The highest BCUT2D eigenvalue weighted by Gasteiger charge is 2.31. The average Bonchev–Trinajstić information content (AvgIpc) is 3.19. The third-order valence-electron chi connectivity index (χ3n) is 5.11. The molecule has 8 nitrogen and oxygen atoms in total. The standard InChI is InChI=1S/C19H17FN2O.C4H6O5/c1-21(2)10-9-14-16-11-12(20)7-8-17(16)22-18(14)13-5-3-4-6-15(13)19(22)23;5-2(4(8)9)1-3(6)7/h3-8,11H,9-10H2,1-2H3;2,5H,1H2,(H,6,7)(H,8,9). The second-order valence-electron chi connectivity index (χ2n) is 7.68. The van der Waals surface area contributed by atoms with Crippen molar-refractivity contribution in [2.24, 2.45) is 0 Å². The SMILES string of the molecule is CN(C)CCc1c2n(c3ccc(F)cc13)C(=O)c1ccccc1-2.O=C(O)CC(O)C(=O)O. The van der Waals surface area contributed by atoms with Gasteiger partial charge in [-0.3, -0.25) is 14.2 Å². The first kappa shape index (κ1) is 23.1. The lowest BCUT2D eigenvalue weighted by molar-refractivity contribution is -0.152. The summed E-state index contributed by atoms with van der Waals surface area (Å²) in [5, 5.41) is 25.0. The first-order valence-electron chi connectivity index (χ1n) is 9.86. The molecule has 0 fully saturated rings. The average molecular weight is 442 g/mol. The highest BCUT2D eigenvalue weighted by molar-refractivity contribution is 6.15. The largest absolute Gasteiger partial charge is 0.481 e. The summed E-state index contributed by atoms with van der Waals surface area (Å²) >= 11 is 0. The van der Waals surface area contributed by atoms with Gasteiger partial charge >= 0.3 is 11.9 Å². The molecule has 4 rings (SSSR count). The van der Waals surface area contributed by atoms with Crippen LogP contribution in [0.1, 0.15) is 22.3 Å². The first-order chi connectivity index (χ1) is 15.1. The third-order valence-corrected chi connectivity index (χ3v) is 5.11. The number of carboxylic acid groups (broad SMARTS) is 2. The van der Waals surface area contributed by atoms with Crippen LogP contribution in [-0.2, 0) is 16.0 Å². The summed E-state index contributed by atoms with van der Waals surface area (Å²) in [7, 11) is 4.02. The summed E-state index contributed by atoms with van der Waals surface area (Å²) in [5.41, 5.74) is 4.43. The molecular weight excluding hydrogens is 419 g/mol. The molecule has 2 aromatic carbocycles. The molecule has 1 aliphatic heterocycles. The molecule has 9 heteroatoms. The maximum absolute atomic E-state index is 13.8. The Hall–Kier alpha value is -3.56. The van der Waals surface area contributed by atoms with Crippen molar-refractivity contribution in [2.45, 2.75) is 18.9 Å². The third kappa shape index (κ3) is 4.53. The van der Waals surface area contributed by atoms with E-state index in [4.69, 9.17) is 15.3 Å². The number of rotatable bonds is 6. The number of carbonyl (C=O) groups excluding carboxylic acids is 1. The summed E-state index contributed by atoms with van der Waals surface area (Å²) in [5.74, 6) is -3.14. The number of halogens is 1. The molecule has 1 aliphatic rings. The van der Waals surface area contributed by atoms with Crippen LogP contribution in [0.3, 0.4) is 0 Å². The monoisotopic (exact) mass is 442 g/mol. The zero-order valence-electron chi connectivity index (χ0n) is 17.6. The fraction of sp³-hybridized carbons (Fsp3) is 0.261. The number of carbonyl (C=O) groups is 3. The maximum atomic E-state index is 13.8. The number of aliphatic hydroxyl groups excluding tert-OH is 1. The van der Waals surface area contributed by atoms with Crippen molar-refractivity contribution in [1.29, 1.82) is 0 Å². The number of hydrogen-bond donors (Lipinski definition) is 3. The number of benzene rings is 2. The van der Waals surface area contributed by atoms with E-state index in [1.807, 2.05) is 38.4 Å². The molecule has 3 N–H and O–H groups in total. The number of aromatic nitrogens is 1. The second kappa shape index (κ2) is 9.29. The van der Waals surface area contributed by atoms with Gasteiger partial charge in [0.25, 0.3) is 5.91 Å². The van der Waals surface area contributed by atoms with E-state index in [1.54, 1.807) is 16.7 Å². The Labute approximate surface area is 183 Å². The molecule has 3 aromatic rings. The van der Waals surface area contributed by atoms with Crippen molar-refractivity contribution in [1.82, 2.24) is 9.47 Å². The summed E-state index contributed by atoms with van der Waals surface area (Å²) in [4.78, 5) is 34.3. The van der Waals surface area contributed by atoms with Gasteiger partial charge in [0, 0.05) is 23.1 Å².